The van der Waals surface area contributed by atoms with Gasteiger partial charge in [0.2, 0.25) is 0 Å². The van der Waals surface area contributed by atoms with Crippen molar-refractivity contribution in [2.24, 2.45) is 0 Å². The molecule has 0 aliphatic rings. The molecule has 0 spiro atoms. The number of hydrogen-bond acceptors (Lipinski definition) is 1. The van der Waals surface area contributed by atoms with Gasteiger partial charge in [-0.05, 0) is 12.3 Å². The van der Waals surface area contributed by atoms with E-state index in [-0.39, 0.29) is 12.4 Å². The van der Waals surface area contributed by atoms with Gasteiger partial charge in [-0.3, -0.25) is 0 Å². The SMILES string of the molecule is CC=CS.Cl. The number of thiol groups is 1. The summed E-state index contributed by atoms with van der Waals surface area (Å²) in [7, 11) is 0. The molecule has 2 heteroatoms. The van der Waals surface area contributed by atoms with Crippen molar-refractivity contribution in [2.45, 2.75) is 6.92 Å². The first-order valence-electron chi connectivity index (χ1n) is 1.17. The Morgan fingerprint density at radius 3 is 1.80 bits per heavy atom. The van der Waals surface area contributed by atoms with Gasteiger partial charge in [0.25, 0.3) is 0 Å². The second kappa shape index (κ2) is 8.83. The van der Waals surface area contributed by atoms with Crippen LogP contribution in [0.4, 0.5) is 0 Å². The molecule has 0 saturated carbocycles. The Labute approximate surface area is 44.1 Å². The van der Waals surface area contributed by atoms with E-state index in [1.165, 1.54) is 0 Å². The van der Waals surface area contributed by atoms with Crippen LogP contribution < -0.4 is 0 Å². The number of halogens is 1. The van der Waals surface area contributed by atoms with Crippen LogP contribution in [0.2, 0.25) is 0 Å². The summed E-state index contributed by atoms with van der Waals surface area (Å²) < 4.78 is 0. The van der Waals surface area contributed by atoms with E-state index >= 15 is 0 Å². The standard InChI is InChI=1S/C3H6S.ClH/c1-2-3-4;/h2-4H,1H3;1H. The first kappa shape index (κ1) is 9.03. The Kier molecular flexibility index (Phi) is 16.0. The zero-order chi connectivity index (χ0) is 3.41. The lowest BCUT2D eigenvalue weighted by atomic mass is 10.8. The van der Waals surface area contributed by atoms with Crippen molar-refractivity contribution < 1.29 is 0 Å². The van der Waals surface area contributed by atoms with E-state index in [2.05, 4.69) is 12.6 Å². The predicted molar refractivity (Wildman–Crippen MR) is 31.0 cm³/mol. The average molecular weight is 111 g/mol. The smallest absolute Gasteiger partial charge is 0.0367 e. The highest BCUT2D eigenvalue weighted by molar-refractivity contribution is 7.83. The molecule has 32 valence electrons. The van der Waals surface area contributed by atoms with E-state index in [1.54, 1.807) is 5.41 Å². The summed E-state index contributed by atoms with van der Waals surface area (Å²) in [6.07, 6.45) is 1.86. The lowest BCUT2D eigenvalue weighted by Crippen LogP contribution is -1.20. The van der Waals surface area contributed by atoms with E-state index in [9.17, 15) is 0 Å². The molecule has 0 aromatic heterocycles. The molecule has 0 radical (unpaired) electrons. The van der Waals surface area contributed by atoms with Gasteiger partial charge in [0.05, 0.1) is 0 Å². The van der Waals surface area contributed by atoms with Crippen molar-refractivity contribution >= 4 is 25.0 Å². The molecule has 0 aliphatic heterocycles. The molecule has 0 unspecified atom stereocenters. The minimum atomic E-state index is 0. The van der Waals surface area contributed by atoms with E-state index < -0.39 is 0 Å². The van der Waals surface area contributed by atoms with E-state index in [0.717, 1.165) is 0 Å². The lowest BCUT2D eigenvalue weighted by Gasteiger charge is -1.49. The molecule has 0 fully saturated rings. The van der Waals surface area contributed by atoms with Crippen LogP contribution >= 0.6 is 25.0 Å². The van der Waals surface area contributed by atoms with Gasteiger partial charge in [-0.1, -0.05) is 6.08 Å². The molecule has 5 heavy (non-hydrogen) atoms. The molecule has 0 aromatic rings. The fourth-order valence-electron chi connectivity index (χ4n) is 0. The molecule has 0 aromatic carbocycles. The van der Waals surface area contributed by atoms with Crippen LogP contribution in [0.25, 0.3) is 0 Å². The van der Waals surface area contributed by atoms with Crippen LogP contribution in [-0.2, 0) is 0 Å². The third-order valence-electron chi connectivity index (χ3n) is 0.149. The van der Waals surface area contributed by atoms with Gasteiger partial charge >= 0.3 is 0 Å². The van der Waals surface area contributed by atoms with Crippen molar-refractivity contribution in [1.82, 2.24) is 0 Å². The van der Waals surface area contributed by atoms with Crippen LogP contribution in [-0.4, -0.2) is 0 Å². The maximum atomic E-state index is 3.74. The zero-order valence-corrected chi connectivity index (χ0v) is 4.72. The first-order valence-corrected chi connectivity index (χ1v) is 1.69. The van der Waals surface area contributed by atoms with E-state index in [1.807, 2.05) is 13.0 Å². The van der Waals surface area contributed by atoms with Gasteiger partial charge in [-0.25, -0.2) is 0 Å². The van der Waals surface area contributed by atoms with Crippen LogP contribution in [0.5, 0.6) is 0 Å². The van der Waals surface area contributed by atoms with Crippen LogP contribution in [0.15, 0.2) is 11.5 Å². The topological polar surface area (TPSA) is 0 Å². The van der Waals surface area contributed by atoms with Crippen molar-refractivity contribution in [2.75, 3.05) is 0 Å². The maximum absolute atomic E-state index is 3.74. The molecule has 0 bridgehead atoms. The monoisotopic (exact) mass is 110 g/mol. The number of hydrogen-bond donors (Lipinski definition) is 1. The lowest BCUT2D eigenvalue weighted by molar-refractivity contribution is 1.79. The molecule has 0 nitrogen and oxygen atoms in total. The molecule has 0 N–H and O–H groups in total. The zero-order valence-electron chi connectivity index (χ0n) is 3.01. The molecule has 0 rings (SSSR count). The summed E-state index contributed by atoms with van der Waals surface area (Å²) in [5, 5.41) is 1.69. The highest BCUT2D eigenvalue weighted by Crippen LogP contribution is 1.69. The molecular weight excluding hydrogens is 104 g/mol. The minimum absolute atomic E-state index is 0. The van der Waals surface area contributed by atoms with Gasteiger partial charge in [0.1, 0.15) is 0 Å². The molecule has 0 atom stereocenters. The van der Waals surface area contributed by atoms with Crippen molar-refractivity contribution in [3.05, 3.63) is 11.5 Å². The summed E-state index contributed by atoms with van der Waals surface area (Å²) >= 11 is 3.74. The van der Waals surface area contributed by atoms with Crippen molar-refractivity contribution in [3.63, 3.8) is 0 Å². The summed E-state index contributed by atoms with van der Waals surface area (Å²) in [5.41, 5.74) is 0. The Morgan fingerprint density at radius 1 is 1.60 bits per heavy atom. The fraction of sp³-hybridized carbons (Fsp3) is 0.333. The normalized spacial score (nSPS) is 7.60. The van der Waals surface area contributed by atoms with Crippen molar-refractivity contribution in [1.29, 1.82) is 0 Å². The van der Waals surface area contributed by atoms with Gasteiger partial charge < -0.3 is 0 Å². The number of rotatable bonds is 0. The Bertz CT molecular complexity index is 22.1. The molecule has 0 saturated heterocycles. The first-order chi connectivity index (χ1) is 1.91. The largest absolute Gasteiger partial charge is 0.152 e. The van der Waals surface area contributed by atoms with Gasteiger partial charge in [0, 0.05) is 0 Å². The van der Waals surface area contributed by atoms with Crippen LogP contribution in [0.3, 0.4) is 0 Å². The fourth-order valence-corrected chi connectivity index (χ4v) is 0. The van der Waals surface area contributed by atoms with Gasteiger partial charge in [-0.2, -0.15) is 12.6 Å². The second-order valence-electron chi connectivity index (χ2n) is 0.482. The van der Waals surface area contributed by atoms with Gasteiger partial charge in [0.15, 0.2) is 0 Å². The minimum Gasteiger partial charge on any atom is -0.152 e. The van der Waals surface area contributed by atoms with Crippen molar-refractivity contribution in [3.8, 4) is 0 Å². The second-order valence-corrected chi connectivity index (χ2v) is 0.781. The Balaban J connectivity index is 0. The highest BCUT2D eigenvalue weighted by Gasteiger charge is 1.34. The molecule has 0 aliphatic carbocycles. The third kappa shape index (κ3) is 13.0. The van der Waals surface area contributed by atoms with E-state index in [0.29, 0.717) is 0 Å². The summed E-state index contributed by atoms with van der Waals surface area (Å²) in [6.45, 7) is 1.92. The third-order valence-corrected chi connectivity index (χ3v) is 0.447. The maximum Gasteiger partial charge on any atom is -0.0367 e. The summed E-state index contributed by atoms with van der Waals surface area (Å²) in [4.78, 5) is 0. The van der Waals surface area contributed by atoms with E-state index in [4.69, 9.17) is 0 Å². The van der Waals surface area contributed by atoms with Crippen LogP contribution in [0.1, 0.15) is 6.92 Å². The Morgan fingerprint density at radius 2 is 1.80 bits per heavy atom. The quantitative estimate of drug-likeness (QED) is 0.453. The predicted octanol–water partition coefficient (Wildman–Crippen LogP) is 1.87. The Hall–Kier alpha value is 0.380. The number of allylic oxidation sites excluding steroid dienone is 1. The van der Waals surface area contributed by atoms with Crippen LogP contribution in [0, 0.1) is 0 Å². The molecular formula is C3H7ClS. The highest BCUT2D eigenvalue weighted by atomic mass is 35.5. The average Bonchev–Trinajstić information content (AvgIpc) is 1.37. The van der Waals surface area contributed by atoms with Gasteiger partial charge in [-0.15, -0.1) is 12.4 Å². The summed E-state index contributed by atoms with van der Waals surface area (Å²) in [5.74, 6) is 0. The molecule has 0 heterocycles. The molecule has 0 amide bonds. The summed E-state index contributed by atoms with van der Waals surface area (Å²) in [6, 6.07) is 0.